The van der Waals surface area contributed by atoms with Gasteiger partial charge in [-0.3, -0.25) is 4.79 Å². The van der Waals surface area contributed by atoms with Crippen molar-refractivity contribution >= 4 is 21.8 Å². The van der Waals surface area contributed by atoms with Crippen molar-refractivity contribution in [1.82, 2.24) is 10.6 Å². The van der Waals surface area contributed by atoms with Crippen LogP contribution in [0.5, 0.6) is 0 Å². The fraction of sp³-hybridized carbons (Fsp3) is 0.533. The molecule has 1 saturated heterocycles. The summed E-state index contributed by atoms with van der Waals surface area (Å²) in [5, 5.41) is 6.25. The Bertz CT molecular complexity index is 450. The van der Waals surface area contributed by atoms with E-state index < -0.39 is 0 Å². The number of hydrogen-bond acceptors (Lipinski definition) is 3. The summed E-state index contributed by atoms with van der Waals surface area (Å²) in [5.74, 6) is 0.0640. The Balaban J connectivity index is 1.80. The van der Waals surface area contributed by atoms with Crippen LogP contribution in [-0.2, 0) is 16.0 Å². The van der Waals surface area contributed by atoms with E-state index >= 15 is 0 Å². The van der Waals surface area contributed by atoms with Crippen LogP contribution in [0, 0.1) is 0 Å². The minimum atomic E-state index is -0.132. The Morgan fingerprint density at radius 2 is 2.20 bits per heavy atom. The number of amides is 1. The Kier molecular flexibility index (Phi) is 5.57. The van der Waals surface area contributed by atoms with Gasteiger partial charge < -0.3 is 15.4 Å². The summed E-state index contributed by atoms with van der Waals surface area (Å²) in [6.07, 6.45) is 1.72. The number of rotatable bonds is 5. The lowest BCUT2D eigenvalue weighted by molar-refractivity contribution is -0.123. The molecule has 0 spiro atoms. The number of carbonyl (C=O) groups is 1. The predicted molar refractivity (Wildman–Crippen MR) is 82.7 cm³/mol. The average molecular weight is 341 g/mol. The molecular weight excluding hydrogens is 320 g/mol. The van der Waals surface area contributed by atoms with Crippen LogP contribution in [0.25, 0.3) is 0 Å². The minimum absolute atomic E-state index is 0.0640. The number of nitrogens with one attached hydrogen (secondary N) is 2. The van der Waals surface area contributed by atoms with Crippen LogP contribution in [0.15, 0.2) is 28.7 Å². The number of methoxy groups -OCH3 is 1. The summed E-state index contributed by atoms with van der Waals surface area (Å²) in [6, 6.07) is 8.17. The van der Waals surface area contributed by atoms with E-state index in [9.17, 15) is 4.79 Å². The molecule has 1 aliphatic rings. The molecule has 2 N–H and O–H groups in total. The first-order valence-corrected chi connectivity index (χ1v) is 7.68. The third kappa shape index (κ3) is 4.30. The molecule has 20 heavy (non-hydrogen) atoms. The first-order valence-electron chi connectivity index (χ1n) is 6.89. The molecule has 1 aliphatic heterocycles. The van der Waals surface area contributed by atoms with Gasteiger partial charge in [0.2, 0.25) is 5.91 Å². The van der Waals surface area contributed by atoms with Gasteiger partial charge in [-0.25, -0.2) is 0 Å². The second-order valence-electron chi connectivity index (χ2n) is 5.29. The fourth-order valence-corrected chi connectivity index (χ4v) is 2.72. The molecule has 1 aromatic rings. The van der Waals surface area contributed by atoms with Crippen LogP contribution in [-0.4, -0.2) is 37.7 Å². The maximum atomic E-state index is 12.1. The largest absolute Gasteiger partial charge is 0.380 e. The zero-order valence-corrected chi connectivity index (χ0v) is 13.4. The van der Waals surface area contributed by atoms with Crippen molar-refractivity contribution in [2.24, 2.45) is 0 Å². The van der Waals surface area contributed by atoms with Gasteiger partial charge >= 0.3 is 0 Å². The summed E-state index contributed by atoms with van der Waals surface area (Å²) in [7, 11) is 1.68. The predicted octanol–water partition coefficient (Wildman–Crippen LogP) is 1.87. The lowest BCUT2D eigenvalue weighted by atomic mass is 10.1. The molecule has 1 heterocycles. The van der Waals surface area contributed by atoms with E-state index in [0.29, 0.717) is 0 Å². The summed E-state index contributed by atoms with van der Waals surface area (Å²) in [5.41, 5.74) is 1.22. The highest BCUT2D eigenvalue weighted by molar-refractivity contribution is 9.10. The molecule has 5 heteroatoms. The first kappa shape index (κ1) is 15.5. The van der Waals surface area contributed by atoms with Crippen LogP contribution in [0.4, 0.5) is 0 Å². The second kappa shape index (κ2) is 7.20. The third-order valence-electron chi connectivity index (χ3n) is 3.58. The Morgan fingerprint density at radius 3 is 2.80 bits per heavy atom. The normalized spacial score (nSPS) is 23.6. The SMILES string of the molecule is COC1CNC(C(=O)NC(C)Cc2ccc(Br)cc2)C1. The smallest absolute Gasteiger partial charge is 0.237 e. The molecule has 1 amide bonds. The van der Waals surface area contributed by atoms with Crippen LogP contribution in [0.1, 0.15) is 18.9 Å². The Labute approximate surface area is 128 Å². The number of benzene rings is 1. The van der Waals surface area contributed by atoms with Crippen LogP contribution in [0.2, 0.25) is 0 Å². The highest BCUT2D eigenvalue weighted by atomic mass is 79.9. The van der Waals surface area contributed by atoms with Gasteiger partial charge in [-0.05, 0) is 37.5 Å². The third-order valence-corrected chi connectivity index (χ3v) is 4.11. The van der Waals surface area contributed by atoms with E-state index in [0.717, 1.165) is 23.9 Å². The number of ether oxygens (including phenoxy) is 1. The number of hydrogen-bond donors (Lipinski definition) is 2. The van der Waals surface area contributed by atoms with E-state index in [4.69, 9.17) is 4.74 Å². The lowest BCUT2D eigenvalue weighted by Gasteiger charge is -2.17. The quantitative estimate of drug-likeness (QED) is 0.860. The van der Waals surface area contributed by atoms with Crippen molar-refractivity contribution in [3.8, 4) is 0 Å². The van der Waals surface area contributed by atoms with Crippen molar-refractivity contribution in [2.75, 3.05) is 13.7 Å². The van der Waals surface area contributed by atoms with E-state index in [1.54, 1.807) is 7.11 Å². The van der Waals surface area contributed by atoms with Crippen LogP contribution in [0.3, 0.4) is 0 Å². The molecule has 3 atom stereocenters. The van der Waals surface area contributed by atoms with Gasteiger partial charge in [-0.15, -0.1) is 0 Å². The van der Waals surface area contributed by atoms with E-state index in [1.807, 2.05) is 19.1 Å². The van der Waals surface area contributed by atoms with E-state index in [-0.39, 0.29) is 24.1 Å². The number of halogens is 1. The van der Waals surface area contributed by atoms with Gasteiger partial charge in [0.1, 0.15) is 0 Å². The summed E-state index contributed by atoms with van der Waals surface area (Å²) < 4.78 is 6.32. The van der Waals surface area contributed by atoms with Crippen molar-refractivity contribution in [3.05, 3.63) is 34.3 Å². The molecule has 2 rings (SSSR count). The van der Waals surface area contributed by atoms with Gasteiger partial charge in [-0.2, -0.15) is 0 Å². The molecule has 1 aromatic carbocycles. The molecule has 4 nitrogen and oxygen atoms in total. The zero-order chi connectivity index (χ0) is 14.5. The summed E-state index contributed by atoms with van der Waals surface area (Å²) in [6.45, 7) is 2.78. The molecule has 0 saturated carbocycles. The Hall–Kier alpha value is -0.910. The van der Waals surface area contributed by atoms with Gasteiger partial charge in [0.15, 0.2) is 0 Å². The second-order valence-corrected chi connectivity index (χ2v) is 6.21. The van der Waals surface area contributed by atoms with Gasteiger partial charge in [0.05, 0.1) is 12.1 Å². The first-order chi connectivity index (χ1) is 9.58. The molecule has 0 radical (unpaired) electrons. The highest BCUT2D eigenvalue weighted by Crippen LogP contribution is 2.13. The Morgan fingerprint density at radius 1 is 1.50 bits per heavy atom. The molecule has 3 unspecified atom stereocenters. The summed E-state index contributed by atoms with van der Waals surface area (Å²) >= 11 is 3.42. The van der Waals surface area contributed by atoms with Crippen LogP contribution < -0.4 is 10.6 Å². The molecule has 0 aliphatic carbocycles. The van der Waals surface area contributed by atoms with Crippen molar-refractivity contribution in [1.29, 1.82) is 0 Å². The standard InChI is InChI=1S/C15H21BrN2O2/c1-10(7-11-3-5-12(16)6-4-11)18-15(19)14-8-13(20-2)9-17-14/h3-6,10,13-14,17H,7-9H2,1-2H3,(H,18,19). The van der Waals surface area contributed by atoms with Crippen molar-refractivity contribution in [2.45, 2.75) is 38.0 Å². The molecular formula is C15H21BrN2O2. The summed E-state index contributed by atoms with van der Waals surface area (Å²) in [4.78, 5) is 12.1. The van der Waals surface area contributed by atoms with Gasteiger partial charge in [-0.1, -0.05) is 28.1 Å². The van der Waals surface area contributed by atoms with Crippen LogP contribution >= 0.6 is 15.9 Å². The maximum absolute atomic E-state index is 12.1. The fourth-order valence-electron chi connectivity index (χ4n) is 2.45. The average Bonchev–Trinajstić information content (AvgIpc) is 2.90. The molecule has 0 bridgehead atoms. The van der Waals surface area contributed by atoms with Crippen molar-refractivity contribution in [3.63, 3.8) is 0 Å². The van der Waals surface area contributed by atoms with E-state index in [2.05, 4.69) is 38.7 Å². The van der Waals surface area contributed by atoms with E-state index in [1.165, 1.54) is 5.56 Å². The monoisotopic (exact) mass is 340 g/mol. The molecule has 110 valence electrons. The maximum Gasteiger partial charge on any atom is 0.237 e. The topological polar surface area (TPSA) is 50.4 Å². The minimum Gasteiger partial charge on any atom is -0.380 e. The van der Waals surface area contributed by atoms with Gasteiger partial charge in [0.25, 0.3) is 0 Å². The zero-order valence-electron chi connectivity index (χ0n) is 11.9. The molecule has 1 fully saturated rings. The lowest BCUT2D eigenvalue weighted by Crippen LogP contribution is -2.44. The van der Waals surface area contributed by atoms with Crippen molar-refractivity contribution < 1.29 is 9.53 Å². The highest BCUT2D eigenvalue weighted by Gasteiger charge is 2.29. The number of carbonyl (C=O) groups excluding carboxylic acids is 1. The molecule has 0 aromatic heterocycles. The van der Waals surface area contributed by atoms with Gasteiger partial charge in [0, 0.05) is 24.2 Å².